The molecule has 15 heavy (non-hydrogen) atoms. The van der Waals surface area contributed by atoms with Gasteiger partial charge in [0.05, 0.1) is 6.26 Å². The number of carbonyl (C=O) groups is 1. The molecule has 0 bridgehead atoms. The zero-order valence-corrected chi connectivity index (χ0v) is 7.94. The van der Waals surface area contributed by atoms with Crippen LogP contribution in [0, 0.1) is 0 Å². The van der Waals surface area contributed by atoms with Crippen LogP contribution < -0.4 is 0 Å². The Kier molecular flexibility index (Phi) is 1.62. The van der Waals surface area contributed by atoms with Crippen LogP contribution in [0.25, 0.3) is 21.7 Å². The van der Waals surface area contributed by atoms with Crippen molar-refractivity contribution in [3.63, 3.8) is 0 Å². The van der Waals surface area contributed by atoms with E-state index in [9.17, 15) is 4.79 Å². The van der Waals surface area contributed by atoms with E-state index in [4.69, 9.17) is 4.42 Å². The van der Waals surface area contributed by atoms with Crippen LogP contribution in [-0.4, -0.2) is 6.29 Å². The summed E-state index contributed by atoms with van der Waals surface area (Å²) in [6.45, 7) is 0. The van der Waals surface area contributed by atoms with Crippen LogP contribution in [0.2, 0.25) is 0 Å². The molecule has 0 saturated carbocycles. The van der Waals surface area contributed by atoms with Crippen LogP contribution in [0.3, 0.4) is 0 Å². The molecule has 72 valence electrons. The van der Waals surface area contributed by atoms with Gasteiger partial charge in [0, 0.05) is 10.9 Å². The molecule has 0 aliphatic heterocycles. The molecule has 2 heteroatoms. The summed E-state index contributed by atoms with van der Waals surface area (Å²) in [5.74, 6) is 0. The molecule has 0 saturated heterocycles. The van der Waals surface area contributed by atoms with Crippen molar-refractivity contribution in [1.82, 2.24) is 0 Å². The molecule has 0 fully saturated rings. The maximum atomic E-state index is 10.9. The summed E-state index contributed by atoms with van der Waals surface area (Å²) in [6.07, 6.45) is 2.51. The van der Waals surface area contributed by atoms with Crippen molar-refractivity contribution < 1.29 is 9.21 Å². The predicted molar refractivity (Wildman–Crippen MR) is 59.1 cm³/mol. The van der Waals surface area contributed by atoms with Gasteiger partial charge >= 0.3 is 0 Å². The van der Waals surface area contributed by atoms with Crippen LogP contribution in [0.5, 0.6) is 0 Å². The van der Waals surface area contributed by atoms with E-state index in [-0.39, 0.29) is 0 Å². The first kappa shape index (κ1) is 8.24. The molecule has 0 radical (unpaired) electrons. The SMILES string of the molecule is O=Cc1cc2occc2c2ccccc12. The van der Waals surface area contributed by atoms with Crippen molar-refractivity contribution in [2.45, 2.75) is 0 Å². The Labute approximate surface area is 86.1 Å². The molecule has 0 amide bonds. The largest absolute Gasteiger partial charge is 0.464 e. The van der Waals surface area contributed by atoms with Crippen molar-refractivity contribution in [2.24, 2.45) is 0 Å². The maximum Gasteiger partial charge on any atom is 0.150 e. The highest BCUT2D eigenvalue weighted by molar-refractivity contribution is 6.12. The molecule has 0 aliphatic carbocycles. The first-order chi connectivity index (χ1) is 7.40. The fourth-order valence-corrected chi connectivity index (χ4v) is 1.94. The zero-order chi connectivity index (χ0) is 10.3. The summed E-state index contributed by atoms with van der Waals surface area (Å²) in [5.41, 5.74) is 1.43. The summed E-state index contributed by atoms with van der Waals surface area (Å²) < 4.78 is 5.31. The van der Waals surface area contributed by atoms with Gasteiger partial charge in [-0.25, -0.2) is 0 Å². The van der Waals surface area contributed by atoms with E-state index < -0.39 is 0 Å². The number of hydrogen-bond donors (Lipinski definition) is 0. The van der Waals surface area contributed by atoms with Gasteiger partial charge in [-0.05, 0) is 22.9 Å². The van der Waals surface area contributed by atoms with Crippen LogP contribution in [-0.2, 0) is 0 Å². The van der Waals surface area contributed by atoms with E-state index in [2.05, 4.69) is 0 Å². The molecule has 2 nitrogen and oxygen atoms in total. The highest BCUT2D eigenvalue weighted by Gasteiger charge is 2.06. The van der Waals surface area contributed by atoms with Crippen LogP contribution in [0.15, 0.2) is 47.1 Å². The molecule has 2 aromatic carbocycles. The van der Waals surface area contributed by atoms with Gasteiger partial charge in [0.2, 0.25) is 0 Å². The maximum absolute atomic E-state index is 10.9. The van der Waals surface area contributed by atoms with Gasteiger partial charge in [0.15, 0.2) is 6.29 Å². The monoisotopic (exact) mass is 196 g/mol. The van der Waals surface area contributed by atoms with Crippen LogP contribution >= 0.6 is 0 Å². The summed E-state index contributed by atoms with van der Waals surface area (Å²) in [5, 5.41) is 3.09. The van der Waals surface area contributed by atoms with Crippen LogP contribution in [0.1, 0.15) is 10.4 Å². The average Bonchev–Trinajstić information content (AvgIpc) is 2.76. The zero-order valence-electron chi connectivity index (χ0n) is 7.94. The topological polar surface area (TPSA) is 30.2 Å². The van der Waals surface area contributed by atoms with E-state index in [1.54, 1.807) is 12.3 Å². The Morgan fingerprint density at radius 1 is 1.00 bits per heavy atom. The Balaban J connectivity index is 2.64. The summed E-state index contributed by atoms with van der Waals surface area (Å²) in [7, 11) is 0. The quantitative estimate of drug-likeness (QED) is 0.558. The van der Waals surface area contributed by atoms with Gasteiger partial charge < -0.3 is 4.42 Å². The molecule has 0 atom stereocenters. The Hall–Kier alpha value is -2.09. The molecule has 0 unspecified atom stereocenters. The van der Waals surface area contributed by atoms with E-state index in [1.165, 1.54) is 0 Å². The number of aldehydes is 1. The lowest BCUT2D eigenvalue weighted by Gasteiger charge is -2.01. The van der Waals surface area contributed by atoms with E-state index >= 15 is 0 Å². The predicted octanol–water partition coefficient (Wildman–Crippen LogP) is 3.40. The lowest BCUT2D eigenvalue weighted by atomic mass is 10.0. The van der Waals surface area contributed by atoms with Crippen molar-refractivity contribution in [1.29, 1.82) is 0 Å². The third kappa shape index (κ3) is 1.08. The summed E-state index contributed by atoms with van der Waals surface area (Å²) in [4.78, 5) is 10.9. The highest BCUT2D eigenvalue weighted by Crippen LogP contribution is 2.28. The Morgan fingerprint density at radius 2 is 1.80 bits per heavy atom. The summed E-state index contributed by atoms with van der Waals surface area (Å²) in [6, 6.07) is 11.5. The molecular formula is C13H8O2. The fraction of sp³-hybridized carbons (Fsp3) is 0. The van der Waals surface area contributed by atoms with Crippen molar-refractivity contribution in [3.05, 3.63) is 48.2 Å². The van der Waals surface area contributed by atoms with Gasteiger partial charge in [-0.2, -0.15) is 0 Å². The number of hydrogen-bond acceptors (Lipinski definition) is 2. The second-order valence-corrected chi connectivity index (χ2v) is 3.46. The van der Waals surface area contributed by atoms with E-state index in [1.807, 2.05) is 30.3 Å². The lowest BCUT2D eigenvalue weighted by molar-refractivity contribution is 0.112. The summed E-state index contributed by atoms with van der Waals surface area (Å²) >= 11 is 0. The first-order valence-electron chi connectivity index (χ1n) is 4.74. The second-order valence-electron chi connectivity index (χ2n) is 3.46. The Bertz CT molecular complexity index is 650. The van der Waals surface area contributed by atoms with Crippen molar-refractivity contribution in [2.75, 3.05) is 0 Å². The average molecular weight is 196 g/mol. The normalized spacial score (nSPS) is 10.9. The minimum Gasteiger partial charge on any atom is -0.464 e. The molecule has 0 aliphatic rings. The van der Waals surface area contributed by atoms with Gasteiger partial charge in [-0.15, -0.1) is 0 Å². The lowest BCUT2D eigenvalue weighted by Crippen LogP contribution is -1.83. The van der Waals surface area contributed by atoms with E-state index in [0.29, 0.717) is 5.56 Å². The van der Waals surface area contributed by atoms with Gasteiger partial charge in [-0.3, -0.25) is 4.79 Å². The molecule has 1 aromatic heterocycles. The number of furan rings is 1. The standard InChI is InChI=1S/C13H8O2/c14-8-9-7-13-12(5-6-15-13)11-4-2-1-3-10(9)11/h1-8H. The third-order valence-electron chi connectivity index (χ3n) is 2.64. The minimum atomic E-state index is 0.674. The third-order valence-corrected chi connectivity index (χ3v) is 2.64. The number of rotatable bonds is 1. The molecular weight excluding hydrogens is 188 g/mol. The number of fused-ring (bicyclic) bond motifs is 3. The number of carbonyl (C=O) groups excluding carboxylic acids is 1. The molecule has 1 heterocycles. The minimum absolute atomic E-state index is 0.674. The second kappa shape index (κ2) is 2.95. The van der Waals surface area contributed by atoms with Gasteiger partial charge in [0.25, 0.3) is 0 Å². The van der Waals surface area contributed by atoms with Crippen LogP contribution in [0.4, 0.5) is 0 Å². The molecule has 0 N–H and O–H groups in total. The van der Waals surface area contributed by atoms with E-state index in [0.717, 1.165) is 28.0 Å². The van der Waals surface area contributed by atoms with Crippen molar-refractivity contribution in [3.8, 4) is 0 Å². The first-order valence-corrected chi connectivity index (χ1v) is 4.74. The van der Waals surface area contributed by atoms with Gasteiger partial charge in [0.1, 0.15) is 5.58 Å². The molecule has 3 rings (SSSR count). The molecule has 0 spiro atoms. The number of benzene rings is 2. The smallest absolute Gasteiger partial charge is 0.150 e. The van der Waals surface area contributed by atoms with Gasteiger partial charge in [-0.1, -0.05) is 24.3 Å². The fourth-order valence-electron chi connectivity index (χ4n) is 1.94. The van der Waals surface area contributed by atoms with Crippen molar-refractivity contribution >= 4 is 28.0 Å². The highest BCUT2D eigenvalue weighted by atomic mass is 16.3. The molecule has 3 aromatic rings. The Morgan fingerprint density at radius 3 is 2.60 bits per heavy atom.